The Morgan fingerprint density at radius 3 is 2.67 bits per heavy atom. The molecule has 36 heavy (non-hydrogen) atoms. The molecule has 7 atom stereocenters. The summed E-state index contributed by atoms with van der Waals surface area (Å²) in [5.74, 6) is 2.34. The van der Waals surface area contributed by atoms with Crippen LogP contribution in [0.2, 0.25) is 0 Å². The van der Waals surface area contributed by atoms with Gasteiger partial charge in [-0.2, -0.15) is 0 Å². The summed E-state index contributed by atoms with van der Waals surface area (Å²) in [6.07, 6.45) is 8.46. The van der Waals surface area contributed by atoms with Gasteiger partial charge in [0.25, 0.3) is 0 Å². The summed E-state index contributed by atoms with van der Waals surface area (Å²) < 4.78 is 5.25. The normalized spacial score (nSPS) is 36.4. The number of rotatable bonds is 8. The minimum absolute atomic E-state index is 0.0347. The SMILES string of the molecule is CC.CCSSCCNC(=O)OCC(=O)C1CCC2C3CCC4=CC(=O)C=CC4(C)C3C(O)CC12C. The van der Waals surface area contributed by atoms with Crippen molar-refractivity contribution in [3.05, 3.63) is 23.8 Å². The summed E-state index contributed by atoms with van der Waals surface area (Å²) in [4.78, 5) is 37.1. The van der Waals surface area contributed by atoms with Gasteiger partial charge in [-0.15, -0.1) is 0 Å². The number of alkyl carbamates (subject to hydrolysis) is 1. The minimum Gasteiger partial charge on any atom is -0.442 e. The average molecular weight is 538 g/mol. The molecule has 0 aromatic carbocycles. The van der Waals surface area contributed by atoms with E-state index in [0.29, 0.717) is 24.8 Å². The summed E-state index contributed by atoms with van der Waals surface area (Å²) in [6.45, 7) is 10.7. The molecule has 0 spiro atoms. The number of hydrogen-bond donors (Lipinski definition) is 2. The van der Waals surface area contributed by atoms with Crippen molar-refractivity contribution in [3.63, 3.8) is 0 Å². The maximum atomic E-state index is 13.2. The zero-order valence-corrected chi connectivity index (χ0v) is 24.0. The molecule has 202 valence electrons. The van der Waals surface area contributed by atoms with E-state index in [-0.39, 0.29) is 40.8 Å². The van der Waals surface area contributed by atoms with Gasteiger partial charge in [0.05, 0.1) is 6.10 Å². The second kappa shape index (κ2) is 12.5. The number of ether oxygens (including phenoxy) is 1. The van der Waals surface area contributed by atoms with Crippen LogP contribution in [0.25, 0.3) is 0 Å². The summed E-state index contributed by atoms with van der Waals surface area (Å²) in [7, 11) is 3.45. The minimum atomic E-state index is -0.544. The number of carbonyl (C=O) groups is 3. The first kappa shape index (κ1) is 29.3. The third-order valence-electron chi connectivity index (χ3n) is 8.88. The predicted molar refractivity (Wildman–Crippen MR) is 148 cm³/mol. The summed E-state index contributed by atoms with van der Waals surface area (Å²) >= 11 is 0. The number of fused-ring (bicyclic) bond motifs is 5. The van der Waals surface area contributed by atoms with E-state index in [4.69, 9.17) is 4.74 Å². The van der Waals surface area contributed by atoms with Crippen LogP contribution in [-0.4, -0.2) is 53.5 Å². The molecule has 2 N–H and O–H groups in total. The van der Waals surface area contributed by atoms with Crippen LogP contribution in [0.15, 0.2) is 23.8 Å². The van der Waals surface area contributed by atoms with E-state index >= 15 is 0 Å². The number of hydrogen-bond acceptors (Lipinski definition) is 7. The lowest BCUT2D eigenvalue weighted by Crippen LogP contribution is -2.56. The van der Waals surface area contributed by atoms with Crippen LogP contribution in [0.3, 0.4) is 0 Å². The lowest BCUT2D eigenvalue weighted by Gasteiger charge is -2.58. The van der Waals surface area contributed by atoms with Crippen molar-refractivity contribution in [2.24, 2.45) is 34.5 Å². The molecule has 0 bridgehead atoms. The van der Waals surface area contributed by atoms with Crippen molar-refractivity contribution in [2.75, 3.05) is 24.7 Å². The molecule has 6 nitrogen and oxygen atoms in total. The molecule has 0 aliphatic heterocycles. The van der Waals surface area contributed by atoms with E-state index in [0.717, 1.165) is 42.8 Å². The maximum Gasteiger partial charge on any atom is 0.407 e. The van der Waals surface area contributed by atoms with Crippen molar-refractivity contribution in [2.45, 2.75) is 72.8 Å². The number of aliphatic hydroxyl groups excluding tert-OH is 1. The van der Waals surface area contributed by atoms with Gasteiger partial charge in [0, 0.05) is 35.3 Å². The molecule has 3 fully saturated rings. The largest absolute Gasteiger partial charge is 0.442 e. The highest BCUT2D eigenvalue weighted by Crippen LogP contribution is 2.66. The van der Waals surface area contributed by atoms with Gasteiger partial charge < -0.3 is 15.2 Å². The zero-order chi connectivity index (χ0) is 26.5. The van der Waals surface area contributed by atoms with Gasteiger partial charge in [-0.3, -0.25) is 9.59 Å². The number of nitrogens with one attached hydrogen (secondary N) is 1. The van der Waals surface area contributed by atoms with Crippen LogP contribution in [0.5, 0.6) is 0 Å². The van der Waals surface area contributed by atoms with Crippen LogP contribution in [0, 0.1) is 34.5 Å². The molecule has 0 saturated heterocycles. The monoisotopic (exact) mass is 537 g/mol. The second-order valence-corrected chi connectivity index (χ2v) is 13.5. The Hall–Kier alpha value is -1.25. The molecular weight excluding hydrogens is 494 g/mol. The fraction of sp³-hybridized carbons (Fsp3) is 0.750. The molecule has 0 heterocycles. The fourth-order valence-electron chi connectivity index (χ4n) is 7.48. The van der Waals surface area contributed by atoms with Crippen molar-refractivity contribution in [1.82, 2.24) is 5.32 Å². The highest BCUT2D eigenvalue weighted by atomic mass is 33.1. The van der Waals surface area contributed by atoms with E-state index in [9.17, 15) is 19.5 Å². The molecule has 8 heteroatoms. The highest BCUT2D eigenvalue weighted by molar-refractivity contribution is 8.76. The van der Waals surface area contributed by atoms with E-state index in [1.54, 1.807) is 33.7 Å². The highest BCUT2D eigenvalue weighted by Gasteiger charge is 2.62. The third kappa shape index (κ3) is 5.75. The smallest absolute Gasteiger partial charge is 0.407 e. The standard InChI is InChI=1S/C26H37NO5S2.C2H6/c1-4-33-34-12-11-27-24(31)32-15-22(30)20-8-7-19-18-6-5-16-13-17(28)9-10-25(16,2)23(18)21(29)14-26(19,20)3;1-2/h9-10,13,18-21,23,29H,4-8,11-12,14-15H2,1-3H3,(H,27,31);1-2H3. The second-order valence-electron chi connectivity index (χ2n) is 10.6. The molecule has 4 rings (SSSR count). The number of carbonyl (C=O) groups excluding carboxylic acids is 3. The number of Topliss-reactive ketones (excluding diaryl/α,β-unsaturated/α-hetero) is 1. The lowest BCUT2D eigenvalue weighted by molar-refractivity contribution is -0.141. The van der Waals surface area contributed by atoms with Gasteiger partial charge in [-0.25, -0.2) is 4.79 Å². The van der Waals surface area contributed by atoms with Crippen molar-refractivity contribution in [3.8, 4) is 0 Å². The Kier molecular flexibility index (Phi) is 10.2. The van der Waals surface area contributed by atoms with Crippen LogP contribution >= 0.6 is 21.6 Å². The first-order chi connectivity index (χ1) is 17.2. The van der Waals surface area contributed by atoms with Crippen LogP contribution < -0.4 is 5.32 Å². The molecule has 0 aromatic heterocycles. The topological polar surface area (TPSA) is 92.7 Å². The van der Waals surface area contributed by atoms with E-state index < -0.39 is 12.2 Å². The van der Waals surface area contributed by atoms with E-state index in [1.807, 2.05) is 19.9 Å². The van der Waals surface area contributed by atoms with Gasteiger partial charge in [-0.05, 0) is 61.5 Å². The summed E-state index contributed by atoms with van der Waals surface area (Å²) in [5.41, 5.74) is 0.548. The van der Waals surface area contributed by atoms with Crippen molar-refractivity contribution in [1.29, 1.82) is 0 Å². The van der Waals surface area contributed by atoms with Gasteiger partial charge in [0.1, 0.15) is 0 Å². The molecule has 1 amide bonds. The Morgan fingerprint density at radius 1 is 1.19 bits per heavy atom. The molecule has 7 unspecified atom stereocenters. The van der Waals surface area contributed by atoms with E-state index in [2.05, 4.69) is 26.1 Å². The average Bonchev–Trinajstić information content (AvgIpc) is 3.20. The van der Waals surface area contributed by atoms with Gasteiger partial charge in [0.15, 0.2) is 18.2 Å². The fourth-order valence-corrected chi connectivity index (χ4v) is 9.05. The molecule has 0 radical (unpaired) electrons. The van der Waals surface area contributed by atoms with Crippen LogP contribution in [-0.2, 0) is 14.3 Å². The molecule has 4 aliphatic rings. The van der Waals surface area contributed by atoms with Crippen LogP contribution in [0.1, 0.15) is 66.7 Å². The Morgan fingerprint density at radius 2 is 1.94 bits per heavy atom. The molecule has 4 aliphatic carbocycles. The lowest BCUT2D eigenvalue weighted by atomic mass is 9.46. The number of ketones is 2. The summed E-state index contributed by atoms with van der Waals surface area (Å²) in [5, 5.41) is 14.1. The van der Waals surface area contributed by atoms with Crippen LogP contribution in [0.4, 0.5) is 4.79 Å². The number of amides is 1. The molecular formula is C28H43NO5S2. The van der Waals surface area contributed by atoms with Crippen molar-refractivity contribution >= 4 is 39.2 Å². The van der Waals surface area contributed by atoms with Gasteiger partial charge in [-0.1, -0.05) is 67.9 Å². The predicted octanol–water partition coefficient (Wildman–Crippen LogP) is 5.60. The first-order valence-electron chi connectivity index (χ1n) is 13.5. The molecule has 3 saturated carbocycles. The van der Waals surface area contributed by atoms with Gasteiger partial charge in [0.2, 0.25) is 0 Å². The van der Waals surface area contributed by atoms with Gasteiger partial charge >= 0.3 is 6.09 Å². The summed E-state index contributed by atoms with van der Waals surface area (Å²) in [6, 6.07) is 0. The first-order valence-corrected chi connectivity index (χ1v) is 16.0. The Labute approximate surface area is 224 Å². The molecule has 0 aromatic rings. The van der Waals surface area contributed by atoms with E-state index in [1.165, 1.54) is 0 Å². The quantitative estimate of drug-likeness (QED) is 0.307. The maximum absolute atomic E-state index is 13.2. The Bertz CT molecular complexity index is 889. The number of aliphatic hydroxyl groups is 1. The number of allylic oxidation sites excluding steroid dienone is 4. The Balaban J connectivity index is 0.00000176. The third-order valence-corrected chi connectivity index (χ3v) is 11.4. The van der Waals surface area contributed by atoms with Crippen molar-refractivity contribution < 1.29 is 24.2 Å². The zero-order valence-electron chi connectivity index (χ0n) is 22.4.